The minimum absolute atomic E-state index is 0.192. The number of halogens is 2. The Morgan fingerprint density at radius 2 is 1.67 bits per heavy atom. The van der Waals surface area contributed by atoms with Gasteiger partial charge in [0, 0.05) is 15.6 Å². The summed E-state index contributed by atoms with van der Waals surface area (Å²) in [6.45, 7) is 9.64. The second-order valence-corrected chi connectivity index (χ2v) is 9.93. The molecule has 2 heterocycles. The van der Waals surface area contributed by atoms with Gasteiger partial charge in [-0.2, -0.15) is 5.10 Å². The number of esters is 2. The van der Waals surface area contributed by atoms with Gasteiger partial charge in [-0.25, -0.2) is 9.59 Å². The maximum absolute atomic E-state index is 12.7. The number of nitrogens with one attached hydrogen (secondary N) is 2. The van der Waals surface area contributed by atoms with Crippen molar-refractivity contribution in [3.63, 3.8) is 0 Å². The average Bonchev–Trinajstić information content (AvgIpc) is 3.27. The monoisotopic (exact) mass is 568 g/mol. The van der Waals surface area contributed by atoms with Crippen molar-refractivity contribution >= 4 is 74.5 Å². The first kappa shape index (κ1) is 27.9. The Hall–Kier alpha value is -2.66. The third-order valence-corrected chi connectivity index (χ3v) is 7.40. The van der Waals surface area contributed by atoms with E-state index < -0.39 is 11.9 Å². The molecule has 2 N–H and O–H groups in total. The normalized spacial score (nSPS) is 10.8. The van der Waals surface area contributed by atoms with E-state index in [-0.39, 0.29) is 23.9 Å². The van der Waals surface area contributed by atoms with Crippen LogP contribution >= 0.6 is 46.8 Å². The van der Waals surface area contributed by atoms with Crippen LogP contribution in [0.4, 0.5) is 10.7 Å². The van der Waals surface area contributed by atoms with E-state index >= 15 is 0 Å². The third-order valence-electron chi connectivity index (χ3n) is 5.30. The summed E-state index contributed by atoms with van der Waals surface area (Å²) in [6, 6.07) is 5.35. The van der Waals surface area contributed by atoms with E-state index in [1.54, 1.807) is 43.7 Å². The van der Waals surface area contributed by atoms with E-state index in [1.165, 1.54) is 0 Å². The van der Waals surface area contributed by atoms with Gasteiger partial charge in [-0.15, -0.1) is 11.3 Å². The highest BCUT2D eigenvalue weighted by Gasteiger charge is 2.27. The number of anilines is 2. The molecule has 0 unspecified atom stereocenters. The molecule has 0 fully saturated rings. The molecule has 0 atom stereocenters. The molecule has 3 rings (SSSR count). The van der Waals surface area contributed by atoms with Crippen molar-refractivity contribution in [3.05, 3.63) is 61.2 Å². The first-order chi connectivity index (χ1) is 17.1. The number of carbonyl (C=O) groups excluding carboxylic acids is 2. The van der Waals surface area contributed by atoms with Gasteiger partial charge in [-0.05, 0) is 64.5 Å². The summed E-state index contributed by atoms with van der Waals surface area (Å²) >= 11 is 19.3. The average molecular weight is 570 g/mol. The quantitative estimate of drug-likeness (QED) is 0.238. The number of thiophene rings is 1. The zero-order valence-corrected chi connectivity index (χ0v) is 23.6. The predicted molar refractivity (Wildman–Crippen MR) is 148 cm³/mol. The van der Waals surface area contributed by atoms with E-state index in [0.29, 0.717) is 43.4 Å². The summed E-state index contributed by atoms with van der Waals surface area (Å²) in [5.74, 6) is -1.06. The summed E-state index contributed by atoms with van der Waals surface area (Å²) < 4.78 is 12.1. The molecule has 0 radical (unpaired) electrons. The van der Waals surface area contributed by atoms with E-state index in [9.17, 15) is 9.59 Å². The van der Waals surface area contributed by atoms with Crippen LogP contribution in [0.2, 0.25) is 10.0 Å². The second-order valence-electron chi connectivity index (χ2n) is 7.68. The number of aromatic nitrogens is 2. The van der Waals surface area contributed by atoms with Gasteiger partial charge < -0.3 is 20.1 Å². The van der Waals surface area contributed by atoms with Crippen molar-refractivity contribution in [2.24, 2.45) is 0 Å². The molecule has 2 aromatic heterocycles. The van der Waals surface area contributed by atoms with E-state index in [0.717, 1.165) is 22.6 Å². The molecule has 0 spiro atoms. The SMILES string of the molecule is CCOC(=O)c1sc(NC(=S)Nc2c(C)nn(Cc3c(Cl)cccc3Cl)c2C)c(C(=O)OCC)c1C. The van der Waals surface area contributed by atoms with E-state index in [1.807, 2.05) is 13.8 Å². The fraction of sp³-hybridized carbons (Fsp3) is 0.333. The zero-order valence-electron chi connectivity index (χ0n) is 20.5. The van der Waals surface area contributed by atoms with Crippen LogP contribution in [0.1, 0.15) is 56.4 Å². The van der Waals surface area contributed by atoms with Gasteiger partial charge in [-0.1, -0.05) is 29.3 Å². The molecule has 0 saturated carbocycles. The smallest absolute Gasteiger partial charge is 0.348 e. The molecule has 192 valence electrons. The second kappa shape index (κ2) is 12.1. The van der Waals surface area contributed by atoms with Crippen LogP contribution in [-0.2, 0) is 16.0 Å². The van der Waals surface area contributed by atoms with Crippen LogP contribution in [-0.4, -0.2) is 40.0 Å². The Balaban J connectivity index is 1.86. The van der Waals surface area contributed by atoms with Gasteiger partial charge in [0.15, 0.2) is 5.11 Å². The lowest BCUT2D eigenvalue weighted by Crippen LogP contribution is -2.21. The lowest BCUT2D eigenvalue weighted by molar-refractivity contribution is 0.0527. The van der Waals surface area contributed by atoms with Crippen LogP contribution in [0.3, 0.4) is 0 Å². The molecule has 12 heteroatoms. The van der Waals surface area contributed by atoms with Crippen LogP contribution in [0, 0.1) is 20.8 Å². The highest BCUT2D eigenvalue weighted by atomic mass is 35.5. The highest BCUT2D eigenvalue weighted by molar-refractivity contribution is 7.80. The Kier molecular flexibility index (Phi) is 9.35. The molecule has 8 nitrogen and oxygen atoms in total. The van der Waals surface area contributed by atoms with Crippen molar-refractivity contribution in [1.29, 1.82) is 0 Å². The molecule has 0 aliphatic rings. The number of carbonyl (C=O) groups is 2. The fourth-order valence-corrected chi connectivity index (χ4v) is 5.43. The lowest BCUT2D eigenvalue weighted by atomic mass is 10.1. The first-order valence-electron chi connectivity index (χ1n) is 11.1. The predicted octanol–water partition coefficient (Wildman–Crippen LogP) is 6.39. The number of thiocarbonyl (C=S) groups is 1. The minimum atomic E-state index is -0.552. The maximum Gasteiger partial charge on any atom is 0.348 e. The molecule has 0 bridgehead atoms. The molecule has 0 amide bonds. The van der Waals surface area contributed by atoms with Gasteiger partial charge in [0.25, 0.3) is 0 Å². The van der Waals surface area contributed by atoms with Crippen LogP contribution in [0.25, 0.3) is 0 Å². The number of ether oxygens (including phenoxy) is 2. The van der Waals surface area contributed by atoms with Crippen molar-refractivity contribution < 1.29 is 19.1 Å². The number of hydrogen-bond donors (Lipinski definition) is 2. The van der Waals surface area contributed by atoms with Crippen molar-refractivity contribution in [2.45, 2.75) is 41.2 Å². The van der Waals surface area contributed by atoms with Crippen LogP contribution in [0.15, 0.2) is 18.2 Å². The third kappa shape index (κ3) is 6.00. The Morgan fingerprint density at radius 1 is 1.06 bits per heavy atom. The molecular formula is C24H26Cl2N4O4S2. The van der Waals surface area contributed by atoms with Gasteiger partial charge in [0.2, 0.25) is 0 Å². The summed E-state index contributed by atoms with van der Waals surface area (Å²) in [5, 5.41) is 12.5. The number of benzene rings is 1. The standard InChI is InChI=1S/C24H26Cl2N4O4S2/c1-6-33-22(31)18-12(3)20(23(32)34-7-2)36-21(18)28-24(35)27-19-13(4)29-30(14(19)5)11-15-16(25)9-8-10-17(15)26/h8-10H,6-7,11H2,1-5H3,(H2,27,28,35). The summed E-state index contributed by atoms with van der Waals surface area (Å²) in [6.07, 6.45) is 0. The summed E-state index contributed by atoms with van der Waals surface area (Å²) in [5.41, 5.74) is 3.70. The molecule has 1 aromatic carbocycles. The Morgan fingerprint density at radius 3 is 2.28 bits per heavy atom. The summed E-state index contributed by atoms with van der Waals surface area (Å²) in [7, 11) is 0. The fourth-order valence-electron chi connectivity index (χ4n) is 3.55. The van der Waals surface area contributed by atoms with Gasteiger partial charge in [-0.3, -0.25) is 4.68 Å². The Labute approximate surface area is 228 Å². The first-order valence-corrected chi connectivity index (χ1v) is 13.1. The Bertz CT molecular complexity index is 1300. The van der Waals surface area contributed by atoms with E-state index in [2.05, 4.69) is 15.7 Å². The van der Waals surface area contributed by atoms with Crippen molar-refractivity contribution in [3.8, 4) is 0 Å². The van der Waals surface area contributed by atoms with E-state index in [4.69, 9.17) is 44.9 Å². The highest BCUT2D eigenvalue weighted by Crippen LogP contribution is 2.35. The maximum atomic E-state index is 12.7. The number of rotatable bonds is 8. The molecular weight excluding hydrogens is 543 g/mol. The minimum Gasteiger partial charge on any atom is -0.462 e. The topological polar surface area (TPSA) is 94.5 Å². The number of aryl methyl sites for hydroxylation is 1. The molecule has 36 heavy (non-hydrogen) atoms. The zero-order chi connectivity index (χ0) is 26.6. The van der Waals surface area contributed by atoms with Crippen LogP contribution in [0.5, 0.6) is 0 Å². The molecule has 0 aliphatic heterocycles. The molecule has 0 aliphatic carbocycles. The summed E-state index contributed by atoms with van der Waals surface area (Å²) in [4.78, 5) is 25.4. The van der Waals surface area contributed by atoms with Gasteiger partial charge >= 0.3 is 11.9 Å². The lowest BCUT2D eigenvalue weighted by Gasteiger charge is -2.12. The molecule has 3 aromatic rings. The molecule has 0 saturated heterocycles. The number of hydrogen-bond acceptors (Lipinski definition) is 7. The van der Waals surface area contributed by atoms with Gasteiger partial charge in [0.05, 0.1) is 42.4 Å². The number of nitrogens with zero attached hydrogens (tertiary/aromatic N) is 2. The van der Waals surface area contributed by atoms with Crippen molar-refractivity contribution in [1.82, 2.24) is 9.78 Å². The van der Waals surface area contributed by atoms with Gasteiger partial charge in [0.1, 0.15) is 9.88 Å². The van der Waals surface area contributed by atoms with Crippen LogP contribution < -0.4 is 10.6 Å². The largest absolute Gasteiger partial charge is 0.462 e. The van der Waals surface area contributed by atoms with Crippen molar-refractivity contribution in [2.75, 3.05) is 23.8 Å².